The van der Waals surface area contributed by atoms with Crippen LogP contribution >= 0.6 is 0 Å². The van der Waals surface area contributed by atoms with Crippen LogP contribution in [0.1, 0.15) is 70.8 Å². The van der Waals surface area contributed by atoms with Gasteiger partial charge in [0.2, 0.25) is 0 Å². The minimum absolute atomic E-state index is 1.07. The fourth-order valence-corrected chi connectivity index (χ4v) is 2.63. The molecule has 0 saturated heterocycles. The topological polar surface area (TPSA) is 28.7 Å². The lowest BCUT2D eigenvalue weighted by Crippen LogP contribution is -2.03. The molecule has 0 bridgehead atoms. The average molecular weight is 286 g/mol. The molecule has 2 heteroatoms. The van der Waals surface area contributed by atoms with Crippen molar-refractivity contribution < 1.29 is 0 Å². The Morgan fingerprint density at radius 2 is 1.52 bits per heavy atom. The molecule has 21 heavy (non-hydrogen) atoms. The summed E-state index contributed by atoms with van der Waals surface area (Å²) in [6.07, 6.45) is 11.5. The summed E-state index contributed by atoms with van der Waals surface area (Å²) in [7, 11) is 0. The number of nitrogens with one attached hydrogen (secondary N) is 1. The minimum atomic E-state index is 1.07. The van der Waals surface area contributed by atoms with Gasteiger partial charge in [0.25, 0.3) is 0 Å². The van der Waals surface area contributed by atoms with Crippen LogP contribution in [-0.4, -0.2) is 10.2 Å². The highest BCUT2D eigenvalue weighted by Gasteiger charge is 2.17. The van der Waals surface area contributed by atoms with Crippen molar-refractivity contribution in [3.05, 3.63) is 45.8 Å². The molecule has 2 nitrogen and oxygen atoms in total. The van der Waals surface area contributed by atoms with E-state index in [4.69, 9.17) is 0 Å². The van der Waals surface area contributed by atoms with Gasteiger partial charge in [-0.25, -0.2) is 0 Å². The zero-order chi connectivity index (χ0) is 15.8. The van der Waals surface area contributed by atoms with Gasteiger partial charge < -0.3 is 0 Å². The number of allylic oxidation sites excluding steroid dienone is 5. The molecule has 0 atom stereocenters. The fraction of sp³-hybridized carbons (Fsp3) is 0.526. The predicted molar refractivity (Wildman–Crippen MR) is 93.4 cm³/mol. The number of aryl methyl sites for hydroxylation is 2. The quantitative estimate of drug-likeness (QED) is 0.698. The number of aromatic nitrogens is 2. The van der Waals surface area contributed by atoms with Gasteiger partial charge in [-0.2, -0.15) is 5.10 Å². The second kappa shape index (κ2) is 8.66. The number of nitrogens with zero attached hydrogens (tertiary/aromatic N) is 1. The van der Waals surface area contributed by atoms with Crippen LogP contribution in [-0.2, 0) is 6.42 Å². The lowest BCUT2D eigenvalue weighted by Gasteiger charge is -2.18. The zero-order valence-corrected chi connectivity index (χ0v) is 14.5. The van der Waals surface area contributed by atoms with Crippen LogP contribution in [0.5, 0.6) is 0 Å². The molecule has 0 aromatic carbocycles. The Morgan fingerprint density at radius 3 is 2.14 bits per heavy atom. The van der Waals surface area contributed by atoms with Crippen molar-refractivity contribution in [2.24, 2.45) is 0 Å². The summed E-state index contributed by atoms with van der Waals surface area (Å²) in [5, 5.41) is 7.43. The Bertz CT molecular complexity index is 542. The Kier molecular flexibility index (Phi) is 7.21. The number of aromatic amines is 1. The molecular weight excluding hydrogens is 256 g/mol. The molecular formula is C19H30N2. The number of rotatable bonds is 1. The first-order chi connectivity index (χ1) is 10.2. The highest BCUT2D eigenvalue weighted by atomic mass is 15.1. The van der Waals surface area contributed by atoms with Crippen LogP contribution in [0.15, 0.2) is 28.9 Å². The van der Waals surface area contributed by atoms with Crippen molar-refractivity contribution in [3.63, 3.8) is 0 Å². The summed E-state index contributed by atoms with van der Waals surface area (Å²) in [6.45, 7) is 12.3. The van der Waals surface area contributed by atoms with E-state index < -0.39 is 0 Å². The van der Waals surface area contributed by atoms with Crippen molar-refractivity contribution in [3.8, 4) is 0 Å². The molecule has 0 fully saturated rings. The highest BCUT2D eigenvalue weighted by molar-refractivity contribution is 5.65. The van der Waals surface area contributed by atoms with Crippen LogP contribution in [0.25, 0.3) is 6.08 Å². The number of hydrogen-bond acceptors (Lipinski definition) is 1. The third-order valence-corrected chi connectivity index (χ3v) is 3.79. The van der Waals surface area contributed by atoms with E-state index in [0.29, 0.717) is 0 Å². The molecule has 1 aromatic heterocycles. The molecule has 2 aliphatic carbocycles. The second-order valence-corrected chi connectivity index (χ2v) is 5.08. The molecule has 1 aromatic rings. The molecule has 0 saturated carbocycles. The van der Waals surface area contributed by atoms with E-state index in [9.17, 15) is 0 Å². The summed E-state index contributed by atoms with van der Waals surface area (Å²) in [5.41, 5.74) is 8.26. The number of fused-ring (bicyclic) bond motifs is 1. The van der Waals surface area contributed by atoms with Crippen molar-refractivity contribution >= 4 is 6.08 Å². The Labute approximate surface area is 130 Å². The monoisotopic (exact) mass is 286 g/mol. The zero-order valence-electron chi connectivity index (χ0n) is 14.5. The SMILES string of the molecule is CC.CC.CC1=CC=C(C2=Cc3c(n[nH]c3C)CC2)CC1. The van der Waals surface area contributed by atoms with Crippen molar-refractivity contribution in [1.29, 1.82) is 0 Å². The molecule has 1 heterocycles. The van der Waals surface area contributed by atoms with Crippen molar-refractivity contribution in [2.45, 2.75) is 67.2 Å². The summed E-state index contributed by atoms with van der Waals surface area (Å²) in [4.78, 5) is 0. The van der Waals surface area contributed by atoms with Crippen LogP contribution in [0.2, 0.25) is 0 Å². The van der Waals surface area contributed by atoms with E-state index in [0.717, 1.165) is 12.8 Å². The first kappa shape index (κ1) is 17.5. The molecule has 0 spiro atoms. The smallest absolute Gasteiger partial charge is 0.0700 e. The van der Waals surface area contributed by atoms with E-state index in [-0.39, 0.29) is 0 Å². The predicted octanol–water partition coefficient (Wildman–Crippen LogP) is 5.77. The van der Waals surface area contributed by atoms with Gasteiger partial charge in [0, 0.05) is 11.3 Å². The maximum Gasteiger partial charge on any atom is 0.0700 e. The minimum Gasteiger partial charge on any atom is -0.282 e. The molecule has 116 valence electrons. The fourth-order valence-electron chi connectivity index (χ4n) is 2.63. The first-order valence-corrected chi connectivity index (χ1v) is 8.35. The van der Waals surface area contributed by atoms with Gasteiger partial charge in [-0.05, 0) is 56.8 Å². The summed E-state index contributed by atoms with van der Waals surface area (Å²) in [5.74, 6) is 0. The molecule has 3 rings (SSSR count). The molecule has 0 aliphatic heterocycles. The highest BCUT2D eigenvalue weighted by Crippen LogP contribution is 2.32. The third-order valence-electron chi connectivity index (χ3n) is 3.79. The van der Waals surface area contributed by atoms with E-state index in [1.165, 1.54) is 46.5 Å². The van der Waals surface area contributed by atoms with Crippen LogP contribution in [0, 0.1) is 6.92 Å². The van der Waals surface area contributed by atoms with Gasteiger partial charge in [0.15, 0.2) is 0 Å². The Balaban J connectivity index is 0.000000510. The normalized spacial score (nSPS) is 16.2. The van der Waals surface area contributed by atoms with E-state index >= 15 is 0 Å². The summed E-state index contributed by atoms with van der Waals surface area (Å²) < 4.78 is 0. The van der Waals surface area contributed by atoms with Crippen LogP contribution < -0.4 is 0 Å². The first-order valence-electron chi connectivity index (χ1n) is 8.35. The van der Waals surface area contributed by atoms with Gasteiger partial charge in [0.05, 0.1) is 5.69 Å². The van der Waals surface area contributed by atoms with Crippen LogP contribution in [0.3, 0.4) is 0 Å². The molecule has 1 N–H and O–H groups in total. The Morgan fingerprint density at radius 1 is 0.857 bits per heavy atom. The maximum absolute atomic E-state index is 4.35. The molecule has 0 radical (unpaired) electrons. The Hall–Kier alpha value is -1.57. The van der Waals surface area contributed by atoms with E-state index in [1.54, 1.807) is 0 Å². The standard InChI is InChI=1S/C15H18N2.2C2H6/c1-10-3-5-12(6-4-10)13-7-8-15-14(9-13)11(2)16-17-15;2*1-2/h3,5,9H,4,6-8H2,1-2H3,(H,16,17);2*1-2H3. The number of H-pyrrole nitrogens is 1. The van der Waals surface area contributed by atoms with E-state index in [1.807, 2.05) is 27.7 Å². The average Bonchev–Trinajstić information content (AvgIpc) is 2.93. The largest absolute Gasteiger partial charge is 0.282 e. The number of hydrogen-bond donors (Lipinski definition) is 1. The molecule has 0 amide bonds. The van der Waals surface area contributed by atoms with Gasteiger partial charge in [-0.1, -0.05) is 45.4 Å². The van der Waals surface area contributed by atoms with Gasteiger partial charge in [-0.3, -0.25) is 5.10 Å². The lowest BCUT2D eigenvalue weighted by atomic mass is 9.86. The van der Waals surface area contributed by atoms with Gasteiger partial charge >= 0.3 is 0 Å². The third kappa shape index (κ3) is 4.20. The maximum atomic E-state index is 4.35. The second-order valence-electron chi connectivity index (χ2n) is 5.08. The molecule has 0 unspecified atom stereocenters. The molecule has 2 aliphatic rings. The van der Waals surface area contributed by atoms with Gasteiger partial charge in [0.1, 0.15) is 0 Å². The van der Waals surface area contributed by atoms with Crippen LogP contribution in [0.4, 0.5) is 0 Å². The van der Waals surface area contributed by atoms with Crippen molar-refractivity contribution in [1.82, 2.24) is 10.2 Å². The summed E-state index contributed by atoms with van der Waals surface area (Å²) >= 11 is 0. The van der Waals surface area contributed by atoms with Gasteiger partial charge in [-0.15, -0.1) is 0 Å². The van der Waals surface area contributed by atoms with E-state index in [2.05, 4.69) is 42.3 Å². The van der Waals surface area contributed by atoms with Crippen molar-refractivity contribution in [2.75, 3.05) is 0 Å². The summed E-state index contributed by atoms with van der Waals surface area (Å²) in [6, 6.07) is 0. The lowest BCUT2D eigenvalue weighted by molar-refractivity contribution is 0.840.